The number of nitrogens with one attached hydrogen (secondary N) is 1. The van der Waals surface area contributed by atoms with Gasteiger partial charge in [-0.25, -0.2) is 0 Å². The molecule has 0 saturated heterocycles. The van der Waals surface area contributed by atoms with Gasteiger partial charge in [-0.1, -0.05) is 31.9 Å². The van der Waals surface area contributed by atoms with Crippen molar-refractivity contribution >= 4 is 37.8 Å². The lowest BCUT2D eigenvalue weighted by atomic mass is 10.1. The first-order valence-corrected chi connectivity index (χ1v) is 7.60. The fraction of sp³-hybridized carbons (Fsp3) is 0.667. The summed E-state index contributed by atoms with van der Waals surface area (Å²) in [6.45, 7) is 5.51. The van der Waals surface area contributed by atoms with E-state index in [1.165, 1.54) is 0 Å². The topological polar surface area (TPSA) is 46.9 Å². The molecule has 1 amide bonds. The van der Waals surface area contributed by atoms with Gasteiger partial charge in [0.2, 0.25) is 5.91 Å². The number of aryl methyl sites for hydroxylation is 2. The quantitative estimate of drug-likeness (QED) is 0.632. The molecule has 1 atom stereocenters. The minimum Gasteiger partial charge on any atom is -0.355 e. The molecule has 0 spiro atoms. The second-order valence-electron chi connectivity index (χ2n) is 5.02. The average Bonchev–Trinajstić information content (AvgIpc) is 2.63. The van der Waals surface area contributed by atoms with Gasteiger partial charge in [0.05, 0.1) is 8.65 Å². The van der Waals surface area contributed by atoms with Crippen molar-refractivity contribution in [1.29, 1.82) is 0 Å². The summed E-state index contributed by atoms with van der Waals surface area (Å²) >= 11 is 7.00. The first kappa shape index (κ1) is 14.1. The van der Waals surface area contributed by atoms with Gasteiger partial charge in [-0.15, -0.1) is 0 Å². The SMILES string of the molecule is Cc1ccnn1CCCNC(=O)C1(C)CC1(Br)Br. The molecule has 18 heavy (non-hydrogen) atoms. The Bertz CT molecular complexity index is 458. The molecule has 100 valence electrons. The highest BCUT2D eigenvalue weighted by Gasteiger charge is 2.66. The lowest BCUT2D eigenvalue weighted by molar-refractivity contribution is -0.125. The third kappa shape index (κ3) is 2.64. The number of aromatic nitrogens is 2. The molecule has 1 N–H and O–H groups in total. The van der Waals surface area contributed by atoms with E-state index in [0.29, 0.717) is 6.54 Å². The van der Waals surface area contributed by atoms with Crippen molar-refractivity contribution < 1.29 is 4.79 Å². The second-order valence-corrected chi connectivity index (χ2v) is 8.79. The van der Waals surface area contributed by atoms with Gasteiger partial charge in [-0.05, 0) is 32.8 Å². The molecule has 0 aromatic carbocycles. The fourth-order valence-electron chi connectivity index (χ4n) is 1.90. The molecule has 1 aliphatic carbocycles. The Morgan fingerprint density at radius 2 is 2.28 bits per heavy atom. The van der Waals surface area contributed by atoms with Gasteiger partial charge in [0.1, 0.15) is 0 Å². The smallest absolute Gasteiger partial charge is 0.228 e. The molecular formula is C12H17Br2N3O. The summed E-state index contributed by atoms with van der Waals surface area (Å²) in [6.07, 6.45) is 3.51. The number of rotatable bonds is 5. The fourth-order valence-corrected chi connectivity index (χ4v) is 3.39. The first-order chi connectivity index (χ1) is 8.37. The van der Waals surface area contributed by atoms with Crippen LogP contribution in [0.1, 0.15) is 25.5 Å². The molecule has 4 nitrogen and oxygen atoms in total. The van der Waals surface area contributed by atoms with Crippen molar-refractivity contribution in [1.82, 2.24) is 15.1 Å². The van der Waals surface area contributed by atoms with Crippen LogP contribution < -0.4 is 5.32 Å². The zero-order valence-corrected chi connectivity index (χ0v) is 13.7. The van der Waals surface area contributed by atoms with Gasteiger partial charge < -0.3 is 5.32 Å². The van der Waals surface area contributed by atoms with Crippen LogP contribution in [0.15, 0.2) is 12.3 Å². The van der Waals surface area contributed by atoms with Crippen LogP contribution >= 0.6 is 31.9 Å². The molecule has 1 unspecified atom stereocenters. The van der Waals surface area contributed by atoms with E-state index in [-0.39, 0.29) is 14.6 Å². The standard InChI is InChI=1S/C12H17Br2N3O/c1-9-4-6-16-17(9)7-3-5-15-10(18)11(2)8-12(11,13)14/h4,6H,3,5,7-8H2,1-2H3,(H,15,18). The normalized spacial score (nSPS) is 24.9. The Labute approximate surface area is 124 Å². The Balaban J connectivity index is 1.71. The van der Waals surface area contributed by atoms with Crippen molar-refractivity contribution in [3.8, 4) is 0 Å². The van der Waals surface area contributed by atoms with Crippen LogP contribution in [0.2, 0.25) is 0 Å². The number of halogens is 2. The molecular weight excluding hydrogens is 362 g/mol. The highest BCUT2D eigenvalue weighted by molar-refractivity contribution is 9.25. The summed E-state index contributed by atoms with van der Waals surface area (Å²) in [7, 11) is 0. The molecule has 1 aromatic heterocycles. The average molecular weight is 379 g/mol. The number of alkyl halides is 2. The van der Waals surface area contributed by atoms with Crippen LogP contribution in [0.3, 0.4) is 0 Å². The Morgan fingerprint density at radius 1 is 1.61 bits per heavy atom. The molecule has 0 radical (unpaired) electrons. The molecule has 6 heteroatoms. The monoisotopic (exact) mass is 377 g/mol. The van der Waals surface area contributed by atoms with Gasteiger partial charge in [0.15, 0.2) is 0 Å². The summed E-state index contributed by atoms with van der Waals surface area (Å²) in [6, 6.07) is 1.98. The first-order valence-electron chi connectivity index (χ1n) is 6.01. The maximum atomic E-state index is 12.0. The Kier molecular flexibility index (Phi) is 3.88. The number of hydrogen-bond donors (Lipinski definition) is 1. The number of carbonyl (C=O) groups is 1. The van der Waals surface area contributed by atoms with Crippen molar-refractivity contribution in [3.63, 3.8) is 0 Å². The van der Waals surface area contributed by atoms with E-state index in [9.17, 15) is 4.79 Å². The van der Waals surface area contributed by atoms with Crippen LogP contribution in [0.25, 0.3) is 0 Å². The van der Waals surface area contributed by atoms with E-state index < -0.39 is 0 Å². The van der Waals surface area contributed by atoms with Crippen LogP contribution in [0.4, 0.5) is 0 Å². The van der Waals surface area contributed by atoms with E-state index in [1.54, 1.807) is 6.20 Å². The number of carbonyl (C=O) groups excluding carboxylic acids is 1. The van der Waals surface area contributed by atoms with Crippen molar-refractivity contribution in [3.05, 3.63) is 18.0 Å². The summed E-state index contributed by atoms with van der Waals surface area (Å²) in [5.41, 5.74) is 0.824. The third-order valence-electron chi connectivity index (χ3n) is 3.52. The largest absolute Gasteiger partial charge is 0.355 e. The van der Waals surface area contributed by atoms with E-state index in [4.69, 9.17) is 0 Å². The molecule has 1 fully saturated rings. The highest BCUT2D eigenvalue weighted by atomic mass is 79.9. The van der Waals surface area contributed by atoms with Gasteiger partial charge in [0, 0.05) is 25.0 Å². The van der Waals surface area contributed by atoms with Gasteiger partial charge >= 0.3 is 0 Å². The molecule has 1 saturated carbocycles. The zero-order valence-electron chi connectivity index (χ0n) is 10.5. The van der Waals surface area contributed by atoms with Crippen molar-refractivity contribution in [2.75, 3.05) is 6.54 Å². The van der Waals surface area contributed by atoms with Gasteiger partial charge in [-0.3, -0.25) is 9.48 Å². The summed E-state index contributed by atoms with van der Waals surface area (Å²) in [5, 5.41) is 7.19. The molecule has 0 aliphatic heterocycles. The van der Waals surface area contributed by atoms with E-state index in [0.717, 1.165) is 25.1 Å². The third-order valence-corrected chi connectivity index (χ3v) is 5.83. The summed E-state index contributed by atoms with van der Waals surface area (Å²) in [5.74, 6) is 0.105. The van der Waals surface area contributed by atoms with Crippen molar-refractivity contribution in [2.24, 2.45) is 5.41 Å². The van der Waals surface area contributed by atoms with E-state index in [2.05, 4.69) is 42.3 Å². The molecule has 1 aliphatic rings. The lowest BCUT2D eigenvalue weighted by Gasteiger charge is -2.13. The molecule has 0 bridgehead atoms. The van der Waals surface area contributed by atoms with E-state index >= 15 is 0 Å². The Morgan fingerprint density at radius 3 is 2.78 bits per heavy atom. The van der Waals surface area contributed by atoms with Crippen LogP contribution in [-0.4, -0.2) is 25.5 Å². The predicted octanol–water partition coefficient (Wildman–Crippen LogP) is 2.59. The number of nitrogens with zero attached hydrogens (tertiary/aromatic N) is 2. The summed E-state index contributed by atoms with van der Waals surface area (Å²) in [4.78, 5) is 12.0. The number of amides is 1. The maximum absolute atomic E-state index is 12.0. The zero-order chi connectivity index (χ0) is 13.4. The molecule has 1 heterocycles. The minimum atomic E-state index is -0.325. The lowest BCUT2D eigenvalue weighted by Crippen LogP contribution is -2.34. The van der Waals surface area contributed by atoms with Gasteiger partial charge in [-0.2, -0.15) is 5.10 Å². The van der Waals surface area contributed by atoms with Crippen LogP contribution in [-0.2, 0) is 11.3 Å². The summed E-state index contributed by atoms with van der Waals surface area (Å²) < 4.78 is 1.74. The predicted molar refractivity (Wildman–Crippen MR) is 77.9 cm³/mol. The van der Waals surface area contributed by atoms with Crippen molar-refractivity contribution in [2.45, 2.75) is 36.5 Å². The highest BCUT2D eigenvalue weighted by Crippen LogP contribution is 2.66. The Hall–Kier alpha value is -0.360. The molecule has 1 aromatic rings. The second kappa shape index (κ2) is 4.96. The number of hydrogen-bond acceptors (Lipinski definition) is 2. The van der Waals surface area contributed by atoms with E-state index in [1.807, 2.05) is 24.6 Å². The van der Waals surface area contributed by atoms with Crippen LogP contribution in [0, 0.1) is 12.3 Å². The molecule has 2 rings (SSSR count). The maximum Gasteiger partial charge on any atom is 0.228 e. The van der Waals surface area contributed by atoms with Gasteiger partial charge in [0.25, 0.3) is 0 Å². The minimum absolute atomic E-state index is 0.105. The van der Waals surface area contributed by atoms with Crippen LogP contribution in [0.5, 0.6) is 0 Å².